The van der Waals surface area contributed by atoms with E-state index in [-0.39, 0.29) is 5.91 Å². The van der Waals surface area contributed by atoms with Gasteiger partial charge < -0.3 is 4.90 Å². The molecule has 0 aliphatic heterocycles. The minimum absolute atomic E-state index is 0.242. The standard InChI is InChI=1S/C18H20BrN3O/c1-3-22(4-2)15-11-9-14(10-12-15)13-20-21-18(23)16-7-5-6-8-17(16)19/h5-13H,3-4H2,1-2H3,(H,21,23)/b20-13+. The van der Waals surface area contributed by atoms with Gasteiger partial charge in [-0.25, -0.2) is 5.43 Å². The maximum absolute atomic E-state index is 12.0. The molecule has 2 aromatic carbocycles. The van der Waals surface area contributed by atoms with Crippen LogP contribution in [0.3, 0.4) is 0 Å². The highest BCUT2D eigenvalue weighted by Crippen LogP contribution is 2.16. The van der Waals surface area contributed by atoms with Crippen LogP contribution in [0.15, 0.2) is 58.1 Å². The van der Waals surface area contributed by atoms with Gasteiger partial charge in [0.25, 0.3) is 5.91 Å². The molecule has 0 unspecified atom stereocenters. The van der Waals surface area contributed by atoms with E-state index >= 15 is 0 Å². The van der Waals surface area contributed by atoms with Crippen LogP contribution in [0.2, 0.25) is 0 Å². The molecule has 0 heterocycles. The van der Waals surface area contributed by atoms with Crippen LogP contribution in [0.4, 0.5) is 5.69 Å². The summed E-state index contributed by atoms with van der Waals surface area (Å²) in [4.78, 5) is 14.3. The molecule has 4 nitrogen and oxygen atoms in total. The molecule has 0 fully saturated rings. The lowest BCUT2D eigenvalue weighted by atomic mass is 10.2. The van der Waals surface area contributed by atoms with Gasteiger partial charge in [0.1, 0.15) is 0 Å². The number of hydrazone groups is 1. The SMILES string of the molecule is CCN(CC)c1ccc(/C=N/NC(=O)c2ccccc2Br)cc1. The van der Waals surface area contributed by atoms with E-state index in [2.05, 4.69) is 57.3 Å². The van der Waals surface area contributed by atoms with Crippen LogP contribution in [-0.2, 0) is 0 Å². The Morgan fingerprint density at radius 2 is 1.78 bits per heavy atom. The van der Waals surface area contributed by atoms with Crippen LogP contribution >= 0.6 is 15.9 Å². The van der Waals surface area contributed by atoms with Crippen molar-refractivity contribution in [3.05, 3.63) is 64.1 Å². The molecular formula is C18H20BrN3O. The Bertz CT molecular complexity index is 679. The lowest BCUT2D eigenvalue weighted by Crippen LogP contribution is -2.21. The zero-order chi connectivity index (χ0) is 16.7. The molecular weight excluding hydrogens is 354 g/mol. The first-order valence-corrected chi connectivity index (χ1v) is 8.38. The first-order chi connectivity index (χ1) is 11.2. The van der Waals surface area contributed by atoms with Gasteiger partial charge in [0.2, 0.25) is 0 Å². The predicted octanol–water partition coefficient (Wildman–Crippen LogP) is 4.06. The minimum Gasteiger partial charge on any atom is -0.372 e. The highest BCUT2D eigenvalue weighted by molar-refractivity contribution is 9.10. The van der Waals surface area contributed by atoms with E-state index in [4.69, 9.17) is 0 Å². The molecule has 0 radical (unpaired) electrons. The molecule has 0 saturated heterocycles. The summed E-state index contributed by atoms with van der Waals surface area (Å²) in [5.74, 6) is -0.242. The Kier molecular flexibility index (Phi) is 6.35. The van der Waals surface area contributed by atoms with Crippen LogP contribution in [0.1, 0.15) is 29.8 Å². The van der Waals surface area contributed by atoms with E-state index in [1.165, 1.54) is 5.69 Å². The van der Waals surface area contributed by atoms with Gasteiger partial charge in [0.15, 0.2) is 0 Å². The summed E-state index contributed by atoms with van der Waals surface area (Å²) in [6, 6.07) is 15.3. The number of hydrogen-bond acceptors (Lipinski definition) is 3. The molecule has 0 saturated carbocycles. The van der Waals surface area contributed by atoms with Crippen LogP contribution in [-0.4, -0.2) is 25.2 Å². The molecule has 0 aliphatic rings. The predicted molar refractivity (Wildman–Crippen MR) is 99.2 cm³/mol. The number of amides is 1. The second-order valence-electron chi connectivity index (χ2n) is 4.94. The lowest BCUT2D eigenvalue weighted by Gasteiger charge is -2.20. The van der Waals surface area contributed by atoms with Crippen LogP contribution in [0.25, 0.3) is 0 Å². The Hall–Kier alpha value is -2.14. The maximum Gasteiger partial charge on any atom is 0.272 e. The van der Waals surface area contributed by atoms with Gasteiger partial charge in [0.05, 0.1) is 11.8 Å². The van der Waals surface area contributed by atoms with Gasteiger partial charge in [-0.1, -0.05) is 24.3 Å². The van der Waals surface area contributed by atoms with Gasteiger partial charge in [-0.05, 0) is 59.6 Å². The van der Waals surface area contributed by atoms with Crippen LogP contribution < -0.4 is 10.3 Å². The second-order valence-corrected chi connectivity index (χ2v) is 5.80. The Morgan fingerprint density at radius 1 is 1.13 bits per heavy atom. The molecule has 23 heavy (non-hydrogen) atoms. The average molecular weight is 374 g/mol. The third-order valence-corrected chi connectivity index (χ3v) is 4.21. The number of carbonyl (C=O) groups excluding carboxylic acids is 1. The fraction of sp³-hybridized carbons (Fsp3) is 0.222. The first kappa shape index (κ1) is 17.2. The maximum atomic E-state index is 12.0. The molecule has 1 amide bonds. The van der Waals surface area contributed by atoms with Crippen molar-refractivity contribution in [2.75, 3.05) is 18.0 Å². The van der Waals surface area contributed by atoms with Crippen molar-refractivity contribution in [1.82, 2.24) is 5.43 Å². The quantitative estimate of drug-likeness (QED) is 0.612. The summed E-state index contributed by atoms with van der Waals surface area (Å²) in [6.45, 7) is 6.23. The Balaban J connectivity index is 1.98. The summed E-state index contributed by atoms with van der Waals surface area (Å²) in [7, 11) is 0. The first-order valence-electron chi connectivity index (χ1n) is 7.58. The number of halogens is 1. The number of carbonyl (C=O) groups is 1. The molecule has 0 atom stereocenters. The van der Waals surface area contributed by atoms with Crippen molar-refractivity contribution in [3.63, 3.8) is 0 Å². The van der Waals surface area contributed by atoms with Gasteiger partial charge in [-0.2, -0.15) is 5.10 Å². The van der Waals surface area contributed by atoms with Crippen molar-refractivity contribution in [1.29, 1.82) is 0 Å². The summed E-state index contributed by atoms with van der Waals surface area (Å²) in [6.07, 6.45) is 1.64. The van der Waals surface area contributed by atoms with E-state index in [0.29, 0.717) is 5.56 Å². The van der Waals surface area contributed by atoms with Gasteiger partial charge >= 0.3 is 0 Å². The lowest BCUT2D eigenvalue weighted by molar-refractivity contribution is 0.0954. The summed E-state index contributed by atoms with van der Waals surface area (Å²) >= 11 is 3.35. The third kappa shape index (κ3) is 4.66. The number of nitrogens with zero attached hydrogens (tertiary/aromatic N) is 2. The molecule has 0 bridgehead atoms. The smallest absolute Gasteiger partial charge is 0.272 e. The molecule has 5 heteroatoms. The number of benzene rings is 2. The van der Waals surface area contributed by atoms with Gasteiger partial charge in [-0.3, -0.25) is 4.79 Å². The highest BCUT2D eigenvalue weighted by Gasteiger charge is 2.07. The van der Waals surface area contributed by atoms with Crippen LogP contribution in [0, 0.1) is 0 Å². The van der Waals surface area contributed by atoms with E-state index < -0.39 is 0 Å². The molecule has 2 aromatic rings. The van der Waals surface area contributed by atoms with Gasteiger partial charge in [0, 0.05) is 23.2 Å². The largest absolute Gasteiger partial charge is 0.372 e. The van der Waals surface area contributed by atoms with E-state index in [1.807, 2.05) is 30.3 Å². The summed E-state index contributed by atoms with van der Waals surface area (Å²) < 4.78 is 0.747. The molecule has 0 spiro atoms. The van der Waals surface area contributed by atoms with Crippen molar-refractivity contribution in [3.8, 4) is 0 Å². The number of nitrogens with one attached hydrogen (secondary N) is 1. The normalized spacial score (nSPS) is 10.7. The molecule has 2 rings (SSSR count). The summed E-state index contributed by atoms with van der Waals surface area (Å²) in [5.41, 5.74) is 5.22. The minimum atomic E-state index is -0.242. The number of anilines is 1. The van der Waals surface area contributed by atoms with E-state index in [0.717, 1.165) is 23.1 Å². The van der Waals surface area contributed by atoms with Crippen molar-refractivity contribution < 1.29 is 4.79 Å². The summed E-state index contributed by atoms with van der Waals surface area (Å²) in [5, 5.41) is 4.01. The highest BCUT2D eigenvalue weighted by atomic mass is 79.9. The molecule has 0 aliphatic carbocycles. The second kappa shape index (κ2) is 8.48. The fourth-order valence-corrected chi connectivity index (χ4v) is 2.70. The monoisotopic (exact) mass is 373 g/mol. The van der Waals surface area contributed by atoms with Crippen molar-refractivity contribution in [2.24, 2.45) is 5.10 Å². The van der Waals surface area contributed by atoms with Crippen molar-refractivity contribution in [2.45, 2.75) is 13.8 Å². The third-order valence-electron chi connectivity index (χ3n) is 3.52. The number of rotatable bonds is 6. The Morgan fingerprint density at radius 3 is 2.39 bits per heavy atom. The number of hydrogen-bond donors (Lipinski definition) is 1. The van der Waals surface area contributed by atoms with E-state index in [1.54, 1.807) is 12.3 Å². The van der Waals surface area contributed by atoms with E-state index in [9.17, 15) is 4.79 Å². The molecule has 1 N–H and O–H groups in total. The molecule has 0 aromatic heterocycles. The van der Waals surface area contributed by atoms with Crippen LogP contribution in [0.5, 0.6) is 0 Å². The fourth-order valence-electron chi connectivity index (χ4n) is 2.23. The topological polar surface area (TPSA) is 44.7 Å². The zero-order valence-corrected chi connectivity index (χ0v) is 14.9. The van der Waals surface area contributed by atoms with Gasteiger partial charge in [-0.15, -0.1) is 0 Å². The molecule has 120 valence electrons. The average Bonchev–Trinajstić information content (AvgIpc) is 2.57. The zero-order valence-electron chi connectivity index (χ0n) is 13.3. The van der Waals surface area contributed by atoms with Crippen molar-refractivity contribution >= 4 is 33.7 Å². The Labute approximate surface area is 145 Å².